The van der Waals surface area contributed by atoms with Crippen molar-refractivity contribution in [3.05, 3.63) is 46.3 Å². The summed E-state index contributed by atoms with van der Waals surface area (Å²) < 4.78 is 5.00. The van der Waals surface area contributed by atoms with E-state index in [2.05, 4.69) is 23.5 Å². The number of hydrogen-bond acceptors (Lipinski definition) is 4. The van der Waals surface area contributed by atoms with Gasteiger partial charge in [0.05, 0.1) is 17.9 Å². The molecule has 1 N–H and O–H groups in total. The standard InChI is InChI=1S/C19H21NO3S/c1-2-11-23-17(21)9-10-20-19(22)16-12-14-8-7-13-5-3-4-6-15(13)18(14)24-16/h3-6,12H,2,7-11H2,1H3,(H,20,22). The van der Waals surface area contributed by atoms with Gasteiger partial charge in [-0.15, -0.1) is 11.3 Å². The Morgan fingerprint density at radius 2 is 2.00 bits per heavy atom. The van der Waals surface area contributed by atoms with Crippen LogP contribution in [0.1, 0.15) is 40.6 Å². The Hall–Kier alpha value is -2.14. The zero-order chi connectivity index (χ0) is 16.9. The van der Waals surface area contributed by atoms with Crippen LogP contribution in [0.4, 0.5) is 0 Å². The maximum Gasteiger partial charge on any atom is 0.307 e. The molecule has 0 atom stereocenters. The van der Waals surface area contributed by atoms with Crippen molar-refractivity contribution >= 4 is 23.2 Å². The maximum atomic E-state index is 12.3. The number of benzene rings is 1. The third-order valence-electron chi connectivity index (χ3n) is 4.04. The number of esters is 1. The first-order valence-electron chi connectivity index (χ1n) is 8.34. The number of thiophene rings is 1. The largest absolute Gasteiger partial charge is 0.466 e. The third-order valence-corrected chi connectivity index (χ3v) is 5.25. The molecule has 1 aromatic carbocycles. The van der Waals surface area contributed by atoms with Crippen molar-refractivity contribution in [2.75, 3.05) is 13.2 Å². The van der Waals surface area contributed by atoms with Crippen molar-refractivity contribution in [1.82, 2.24) is 5.32 Å². The van der Waals surface area contributed by atoms with Gasteiger partial charge in [0.1, 0.15) is 0 Å². The number of carbonyl (C=O) groups excluding carboxylic acids is 2. The van der Waals surface area contributed by atoms with Crippen LogP contribution in [0, 0.1) is 0 Å². The number of aryl methyl sites for hydroxylation is 2. The van der Waals surface area contributed by atoms with Crippen LogP contribution in [0.15, 0.2) is 30.3 Å². The minimum absolute atomic E-state index is 0.116. The summed E-state index contributed by atoms with van der Waals surface area (Å²) in [5.74, 6) is -0.383. The van der Waals surface area contributed by atoms with E-state index >= 15 is 0 Å². The number of nitrogens with one attached hydrogen (secondary N) is 1. The lowest BCUT2D eigenvalue weighted by Gasteiger charge is -2.15. The molecule has 0 fully saturated rings. The number of amides is 1. The summed E-state index contributed by atoms with van der Waals surface area (Å²) >= 11 is 1.53. The fourth-order valence-electron chi connectivity index (χ4n) is 2.84. The molecule has 4 nitrogen and oxygen atoms in total. The molecule has 0 spiro atoms. The highest BCUT2D eigenvalue weighted by atomic mass is 32.1. The molecule has 0 unspecified atom stereocenters. The van der Waals surface area contributed by atoms with E-state index < -0.39 is 0 Å². The predicted molar refractivity (Wildman–Crippen MR) is 95.4 cm³/mol. The minimum Gasteiger partial charge on any atom is -0.466 e. The third kappa shape index (κ3) is 3.67. The number of ether oxygens (including phenoxy) is 1. The second-order valence-corrected chi connectivity index (χ2v) is 6.90. The van der Waals surface area contributed by atoms with Crippen LogP contribution in [-0.2, 0) is 22.4 Å². The lowest BCUT2D eigenvalue weighted by atomic mass is 9.91. The molecule has 3 rings (SSSR count). The molecule has 1 aliphatic carbocycles. The smallest absolute Gasteiger partial charge is 0.307 e. The molecule has 0 saturated carbocycles. The Kier molecular flexibility index (Phi) is 5.30. The Balaban J connectivity index is 1.62. The maximum absolute atomic E-state index is 12.3. The van der Waals surface area contributed by atoms with Gasteiger partial charge in [-0.25, -0.2) is 0 Å². The monoisotopic (exact) mass is 343 g/mol. The van der Waals surface area contributed by atoms with Crippen molar-refractivity contribution in [1.29, 1.82) is 0 Å². The second-order valence-electron chi connectivity index (χ2n) is 5.85. The summed E-state index contributed by atoms with van der Waals surface area (Å²) in [6.45, 7) is 2.69. The average molecular weight is 343 g/mol. The van der Waals surface area contributed by atoms with E-state index in [1.165, 1.54) is 32.9 Å². The lowest BCUT2D eigenvalue weighted by Crippen LogP contribution is -2.25. The van der Waals surface area contributed by atoms with Crippen molar-refractivity contribution in [3.63, 3.8) is 0 Å². The summed E-state index contributed by atoms with van der Waals surface area (Å²) in [4.78, 5) is 25.7. The molecule has 2 aromatic rings. The van der Waals surface area contributed by atoms with Crippen LogP contribution in [0.3, 0.4) is 0 Å². The van der Waals surface area contributed by atoms with Crippen LogP contribution in [0.25, 0.3) is 10.4 Å². The van der Waals surface area contributed by atoms with E-state index in [0.29, 0.717) is 18.0 Å². The molecule has 1 heterocycles. The highest BCUT2D eigenvalue weighted by Crippen LogP contribution is 2.39. The minimum atomic E-state index is -0.267. The summed E-state index contributed by atoms with van der Waals surface area (Å²) in [7, 11) is 0. The molecule has 0 saturated heterocycles. The number of hydrogen-bond donors (Lipinski definition) is 1. The molecule has 126 valence electrons. The van der Waals surface area contributed by atoms with E-state index in [1.807, 2.05) is 19.1 Å². The molecule has 5 heteroatoms. The molecule has 1 aromatic heterocycles. The van der Waals surface area contributed by atoms with Crippen molar-refractivity contribution < 1.29 is 14.3 Å². The molecule has 1 amide bonds. The molecule has 0 aliphatic heterocycles. The van der Waals surface area contributed by atoms with Gasteiger partial charge in [-0.05, 0) is 42.0 Å². The van der Waals surface area contributed by atoms with Crippen molar-refractivity contribution in [2.24, 2.45) is 0 Å². The van der Waals surface area contributed by atoms with Crippen LogP contribution in [0.5, 0.6) is 0 Å². The summed E-state index contributed by atoms with van der Waals surface area (Å²) in [5, 5.41) is 2.81. The first kappa shape index (κ1) is 16.7. The first-order valence-corrected chi connectivity index (χ1v) is 9.15. The van der Waals surface area contributed by atoms with E-state index in [0.717, 1.165) is 19.3 Å². The average Bonchev–Trinajstić information content (AvgIpc) is 3.04. The van der Waals surface area contributed by atoms with Crippen LogP contribution < -0.4 is 5.32 Å². The van der Waals surface area contributed by atoms with Crippen molar-refractivity contribution in [3.8, 4) is 10.4 Å². The van der Waals surface area contributed by atoms with E-state index in [-0.39, 0.29) is 18.3 Å². The Morgan fingerprint density at radius 1 is 1.21 bits per heavy atom. The van der Waals surface area contributed by atoms with E-state index in [9.17, 15) is 9.59 Å². The molecule has 0 radical (unpaired) electrons. The van der Waals surface area contributed by atoms with Gasteiger partial charge >= 0.3 is 5.97 Å². The van der Waals surface area contributed by atoms with Crippen LogP contribution >= 0.6 is 11.3 Å². The van der Waals surface area contributed by atoms with Crippen LogP contribution in [0.2, 0.25) is 0 Å². The summed E-state index contributed by atoms with van der Waals surface area (Å²) in [6.07, 6.45) is 3.00. The molecular weight excluding hydrogens is 322 g/mol. The highest BCUT2D eigenvalue weighted by Gasteiger charge is 2.21. The highest BCUT2D eigenvalue weighted by molar-refractivity contribution is 7.17. The fraction of sp³-hybridized carbons (Fsp3) is 0.368. The predicted octanol–water partition coefficient (Wildman–Crippen LogP) is 3.59. The van der Waals surface area contributed by atoms with Gasteiger partial charge in [-0.2, -0.15) is 0 Å². The summed E-state index contributed by atoms with van der Waals surface area (Å²) in [6, 6.07) is 10.4. The number of rotatable bonds is 6. The zero-order valence-electron chi connectivity index (χ0n) is 13.8. The van der Waals surface area contributed by atoms with Gasteiger partial charge in [0, 0.05) is 11.4 Å². The molecule has 24 heavy (non-hydrogen) atoms. The van der Waals surface area contributed by atoms with Gasteiger partial charge in [0.25, 0.3) is 5.91 Å². The first-order chi connectivity index (χ1) is 11.7. The molecular formula is C19H21NO3S. The second kappa shape index (κ2) is 7.62. The zero-order valence-corrected chi connectivity index (χ0v) is 14.6. The topological polar surface area (TPSA) is 55.4 Å². The molecule has 1 aliphatic rings. The normalized spacial score (nSPS) is 12.2. The van der Waals surface area contributed by atoms with Gasteiger partial charge in [0.2, 0.25) is 0 Å². The Bertz CT molecular complexity index is 751. The van der Waals surface area contributed by atoms with Crippen LogP contribution in [-0.4, -0.2) is 25.0 Å². The molecule has 0 bridgehead atoms. The number of carbonyl (C=O) groups is 2. The Labute approximate surface area is 145 Å². The Morgan fingerprint density at radius 3 is 2.83 bits per heavy atom. The SMILES string of the molecule is CCCOC(=O)CCNC(=O)c1cc2c(s1)-c1ccccc1CC2. The van der Waals surface area contributed by atoms with E-state index in [1.54, 1.807) is 0 Å². The van der Waals surface area contributed by atoms with E-state index in [4.69, 9.17) is 4.74 Å². The fourth-order valence-corrected chi connectivity index (χ4v) is 4.02. The summed E-state index contributed by atoms with van der Waals surface area (Å²) in [5.41, 5.74) is 3.83. The van der Waals surface area contributed by atoms with Gasteiger partial charge in [-0.1, -0.05) is 31.2 Å². The van der Waals surface area contributed by atoms with Crippen molar-refractivity contribution in [2.45, 2.75) is 32.6 Å². The van der Waals surface area contributed by atoms with Gasteiger partial charge < -0.3 is 10.1 Å². The van der Waals surface area contributed by atoms with Gasteiger partial charge in [0.15, 0.2) is 0 Å². The van der Waals surface area contributed by atoms with Gasteiger partial charge in [-0.3, -0.25) is 9.59 Å². The quantitative estimate of drug-likeness (QED) is 0.816. The number of fused-ring (bicyclic) bond motifs is 3. The lowest BCUT2D eigenvalue weighted by molar-refractivity contribution is -0.143.